The molecule has 0 heterocycles. The summed E-state index contributed by atoms with van der Waals surface area (Å²) in [7, 11) is 1.38. The van der Waals surface area contributed by atoms with Crippen LogP contribution in [0.3, 0.4) is 0 Å². The number of aliphatic carboxylic acids is 1. The average molecular weight is 230 g/mol. The number of halogens is 2. The molecule has 0 amide bonds. The molecule has 1 aromatic carbocycles. The van der Waals surface area contributed by atoms with Gasteiger partial charge >= 0.3 is 5.97 Å². The first-order valence-electron chi connectivity index (χ1n) is 4.58. The molecule has 0 fully saturated rings. The molecular weight excluding hydrogens is 218 g/mol. The third kappa shape index (κ3) is 2.53. The van der Waals surface area contributed by atoms with E-state index in [9.17, 15) is 13.6 Å². The highest BCUT2D eigenvalue weighted by molar-refractivity contribution is 5.74. The lowest BCUT2D eigenvalue weighted by Gasteiger charge is -2.20. The monoisotopic (exact) mass is 230 g/mol. The highest BCUT2D eigenvalue weighted by atomic mass is 19.1. The van der Waals surface area contributed by atoms with Gasteiger partial charge in [-0.2, -0.15) is 0 Å². The minimum absolute atomic E-state index is 0.165. The highest BCUT2D eigenvalue weighted by Gasteiger charge is 2.27. The van der Waals surface area contributed by atoms with E-state index < -0.39 is 29.7 Å². The fraction of sp³-hybridized carbons (Fsp3) is 0.300. The third-order valence-corrected chi connectivity index (χ3v) is 2.25. The standard InChI is InChI=1S/C10H12F2N2O2/c1-14-9(10(15)16)8(13)6-4-5(11)2-3-7(6)12/h2-4,8-9,14H,13H2,1H3,(H,15,16). The van der Waals surface area contributed by atoms with Gasteiger partial charge in [0, 0.05) is 5.56 Å². The summed E-state index contributed by atoms with van der Waals surface area (Å²) in [5, 5.41) is 11.2. The molecule has 0 saturated heterocycles. The molecule has 4 nitrogen and oxygen atoms in total. The van der Waals surface area contributed by atoms with Gasteiger partial charge in [0.1, 0.15) is 17.7 Å². The Bertz CT molecular complexity index is 398. The number of hydrogen-bond donors (Lipinski definition) is 3. The number of carboxylic acids is 1. The molecular formula is C10H12F2N2O2. The summed E-state index contributed by atoms with van der Waals surface area (Å²) in [5.41, 5.74) is 5.41. The van der Waals surface area contributed by atoms with Crippen molar-refractivity contribution in [1.29, 1.82) is 0 Å². The van der Waals surface area contributed by atoms with Gasteiger partial charge in [-0.1, -0.05) is 0 Å². The summed E-state index contributed by atoms with van der Waals surface area (Å²) in [6.45, 7) is 0. The molecule has 0 radical (unpaired) electrons. The van der Waals surface area contributed by atoms with Crippen LogP contribution in [0.1, 0.15) is 11.6 Å². The highest BCUT2D eigenvalue weighted by Crippen LogP contribution is 2.19. The molecule has 0 aliphatic rings. The van der Waals surface area contributed by atoms with Gasteiger partial charge in [0.15, 0.2) is 0 Å². The maximum Gasteiger partial charge on any atom is 0.322 e. The maximum atomic E-state index is 13.3. The molecule has 0 aliphatic carbocycles. The molecule has 0 spiro atoms. The molecule has 16 heavy (non-hydrogen) atoms. The molecule has 4 N–H and O–H groups in total. The molecule has 0 saturated carbocycles. The van der Waals surface area contributed by atoms with Crippen molar-refractivity contribution >= 4 is 5.97 Å². The van der Waals surface area contributed by atoms with Crippen molar-refractivity contribution in [3.05, 3.63) is 35.4 Å². The third-order valence-electron chi connectivity index (χ3n) is 2.25. The van der Waals surface area contributed by atoms with E-state index in [-0.39, 0.29) is 5.56 Å². The van der Waals surface area contributed by atoms with Crippen molar-refractivity contribution in [2.45, 2.75) is 12.1 Å². The number of nitrogens with two attached hydrogens (primary N) is 1. The summed E-state index contributed by atoms with van der Waals surface area (Å²) in [6.07, 6.45) is 0. The molecule has 1 aromatic rings. The number of carbonyl (C=O) groups is 1. The number of hydrogen-bond acceptors (Lipinski definition) is 3. The molecule has 0 aliphatic heterocycles. The predicted octanol–water partition coefficient (Wildman–Crippen LogP) is 0.637. The van der Waals surface area contributed by atoms with Gasteiger partial charge in [-0.05, 0) is 25.2 Å². The molecule has 2 unspecified atom stereocenters. The van der Waals surface area contributed by atoms with Gasteiger partial charge < -0.3 is 16.2 Å². The van der Waals surface area contributed by atoms with Crippen molar-refractivity contribution in [1.82, 2.24) is 5.32 Å². The molecule has 0 bridgehead atoms. The first-order valence-corrected chi connectivity index (χ1v) is 4.58. The molecule has 6 heteroatoms. The second kappa shape index (κ2) is 5.00. The zero-order chi connectivity index (χ0) is 12.3. The van der Waals surface area contributed by atoms with E-state index in [2.05, 4.69) is 5.32 Å². The zero-order valence-electron chi connectivity index (χ0n) is 8.58. The van der Waals surface area contributed by atoms with Gasteiger partial charge in [0.2, 0.25) is 0 Å². The van der Waals surface area contributed by atoms with Gasteiger partial charge in [-0.3, -0.25) is 4.79 Å². The fourth-order valence-electron chi connectivity index (χ4n) is 1.41. The second-order valence-corrected chi connectivity index (χ2v) is 3.30. The van der Waals surface area contributed by atoms with E-state index in [1.54, 1.807) is 0 Å². The van der Waals surface area contributed by atoms with Gasteiger partial charge in [-0.15, -0.1) is 0 Å². The molecule has 1 rings (SSSR count). The second-order valence-electron chi connectivity index (χ2n) is 3.30. The van der Waals surface area contributed by atoms with E-state index in [1.165, 1.54) is 7.05 Å². The van der Waals surface area contributed by atoms with E-state index in [0.717, 1.165) is 18.2 Å². The van der Waals surface area contributed by atoms with Crippen LogP contribution in [-0.2, 0) is 4.79 Å². The first-order chi connectivity index (χ1) is 7.47. The average Bonchev–Trinajstić information content (AvgIpc) is 2.22. The Morgan fingerprint density at radius 2 is 2.12 bits per heavy atom. The van der Waals surface area contributed by atoms with Gasteiger partial charge in [0.25, 0.3) is 0 Å². The minimum Gasteiger partial charge on any atom is -0.480 e. The summed E-state index contributed by atoms with van der Waals surface area (Å²) < 4.78 is 26.2. The quantitative estimate of drug-likeness (QED) is 0.709. The zero-order valence-corrected chi connectivity index (χ0v) is 8.58. The lowest BCUT2D eigenvalue weighted by atomic mass is 9.99. The SMILES string of the molecule is CNC(C(=O)O)C(N)c1cc(F)ccc1F. The predicted molar refractivity (Wildman–Crippen MR) is 53.8 cm³/mol. The fourth-order valence-corrected chi connectivity index (χ4v) is 1.41. The van der Waals surface area contributed by atoms with Crippen LogP contribution < -0.4 is 11.1 Å². The number of benzene rings is 1. The normalized spacial score (nSPS) is 14.5. The topological polar surface area (TPSA) is 75.3 Å². The smallest absolute Gasteiger partial charge is 0.322 e. The van der Waals surface area contributed by atoms with Crippen LogP contribution in [0.5, 0.6) is 0 Å². The van der Waals surface area contributed by atoms with Crippen LogP contribution in [0.15, 0.2) is 18.2 Å². The van der Waals surface area contributed by atoms with Gasteiger partial charge in [-0.25, -0.2) is 8.78 Å². The Morgan fingerprint density at radius 3 is 2.62 bits per heavy atom. The van der Waals surface area contributed by atoms with Crippen molar-refractivity contribution in [3.8, 4) is 0 Å². The minimum atomic E-state index is -1.22. The number of carboxylic acid groups (broad SMARTS) is 1. The maximum absolute atomic E-state index is 13.3. The van der Waals surface area contributed by atoms with E-state index in [0.29, 0.717) is 0 Å². The van der Waals surface area contributed by atoms with Crippen molar-refractivity contribution in [2.75, 3.05) is 7.05 Å². The number of rotatable bonds is 4. The summed E-state index contributed by atoms with van der Waals surface area (Å²) in [6, 6.07) is 0.432. The van der Waals surface area contributed by atoms with Crippen LogP contribution >= 0.6 is 0 Å². The van der Waals surface area contributed by atoms with Crippen LogP contribution in [0.4, 0.5) is 8.78 Å². The Hall–Kier alpha value is -1.53. The largest absolute Gasteiger partial charge is 0.480 e. The Kier molecular flexibility index (Phi) is 3.92. The summed E-state index contributed by atoms with van der Waals surface area (Å²) >= 11 is 0. The van der Waals surface area contributed by atoms with Crippen LogP contribution in [0, 0.1) is 11.6 Å². The Labute approximate surface area is 91.1 Å². The summed E-state index contributed by atoms with van der Waals surface area (Å²) in [4.78, 5) is 10.8. The lowest BCUT2D eigenvalue weighted by Crippen LogP contribution is -2.43. The number of nitrogens with one attached hydrogen (secondary N) is 1. The summed E-state index contributed by atoms with van der Waals surface area (Å²) in [5.74, 6) is -2.61. The van der Waals surface area contributed by atoms with Crippen LogP contribution in [-0.4, -0.2) is 24.2 Å². The molecule has 88 valence electrons. The van der Waals surface area contributed by atoms with Crippen LogP contribution in [0.2, 0.25) is 0 Å². The van der Waals surface area contributed by atoms with Gasteiger partial charge in [0.05, 0.1) is 6.04 Å². The van der Waals surface area contributed by atoms with Crippen molar-refractivity contribution in [2.24, 2.45) is 5.73 Å². The Balaban J connectivity index is 3.07. The molecule has 0 aromatic heterocycles. The van der Waals surface area contributed by atoms with E-state index in [4.69, 9.17) is 10.8 Å². The number of likely N-dealkylation sites (N-methyl/N-ethyl adjacent to an activating group) is 1. The molecule has 2 atom stereocenters. The van der Waals surface area contributed by atoms with Crippen molar-refractivity contribution in [3.63, 3.8) is 0 Å². The Morgan fingerprint density at radius 1 is 1.50 bits per heavy atom. The van der Waals surface area contributed by atoms with E-state index >= 15 is 0 Å². The van der Waals surface area contributed by atoms with Crippen molar-refractivity contribution < 1.29 is 18.7 Å². The van der Waals surface area contributed by atoms with E-state index in [1.807, 2.05) is 0 Å². The first kappa shape index (κ1) is 12.5. The van der Waals surface area contributed by atoms with Crippen LogP contribution in [0.25, 0.3) is 0 Å². The lowest BCUT2D eigenvalue weighted by molar-refractivity contribution is -0.139.